The zero-order valence-electron chi connectivity index (χ0n) is 16.9. The van der Waals surface area contributed by atoms with Crippen molar-refractivity contribution >= 4 is 17.4 Å². The molecule has 6 nitrogen and oxygen atoms in total. The molecule has 2 rings (SSSR count). The lowest BCUT2D eigenvalue weighted by atomic mass is 10.1. The summed E-state index contributed by atoms with van der Waals surface area (Å²) in [5.41, 5.74) is 0.467. The predicted molar refractivity (Wildman–Crippen MR) is 112 cm³/mol. The van der Waals surface area contributed by atoms with E-state index in [1.807, 2.05) is 62.5 Å². The zero-order valence-corrected chi connectivity index (χ0v) is 17.7. The molecule has 0 radical (unpaired) electrons. The normalized spacial score (nSPS) is 13.6. The molecule has 0 bridgehead atoms. The average Bonchev–Trinajstić information content (AvgIpc) is 3.13. The number of carbonyl (C=O) groups is 1. The van der Waals surface area contributed by atoms with Gasteiger partial charge >= 0.3 is 6.09 Å². The van der Waals surface area contributed by atoms with Crippen LogP contribution in [0.3, 0.4) is 0 Å². The van der Waals surface area contributed by atoms with Crippen molar-refractivity contribution in [1.82, 2.24) is 10.6 Å². The number of carbonyl (C=O) groups excluding carboxylic acids is 1. The van der Waals surface area contributed by atoms with Crippen LogP contribution in [0.4, 0.5) is 4.79 Å². The fourth-order valence-corrected chi connectivity index (χ4v) is 3.44. The first-order valence-corrected chi connectivity index (χ1v) is 10.2. The van der Waals surface area contributed by atoms with Gasteiger partial charge < -0.3 is 25.2 Å². The highest BCUT2D eigenvalue weighted by Crippen LogP contribution is 2.15. The fourth-order valence-electron chi connectivity index (χ4n) is 2.68. The Labute approximate surface area is 170 Å². The minimum atomic E-state index is -0.764. The van der Waals surface area contributed by atoms with Gasteiger partial charge in [0, 0.05) is 24.4 Å². The van der Waals surface area contributed by atoms with Gasteiger partial charge in [0.2, 0.25) is 0 Å². The molecule has 1 aromatic heterocycles. The Kier molecular flexibility index (Phi) is 8.29. The number of amides is 1. The van der Waals surface area contributed by atoms with E-state index in [0.717, 1.165) is 16.2 Å². The number of benzene rings is 1. The smallest absolute Gasteiger partial charge is 0.407 e. The van der Waals surface area contributed by atoms with E-state index < -0.39 is 23.8 Å². The van der Waals surface area contributed by atoms with Crippen LogP contribution >= 0.6 is 11.3 Å². The van der Waals surface area contributed by atoms with Crippen LogP contribution in [-0.4, -0.2) is 42.6 Å². The number of rotatable bonds is 9. The first-order chi connectivity index (χ1) is 13.3. The molecule has 0 aliphatic carbocycles. The molecule has 0 unspecified atom stereocenters. The summed E-state index contributed by atoms with van der Waals surface area (Å²) in [6, 6.07) is 11.2. The highest BCUT2D eigenvalue weighted by Gasteiger charge is 2.25. The van der Waals surface area contributed by atoms with Gasteiger partial charge in [0.1, 0.15) is 11.4 Å². The molecule has 0 fully saturated rings. The highest BCUT2D eigenvalue weighted by molar-refractivity contribution is 7.09. The Morgan fingerprint density at radius 2 is 2.04 bits per heavy atom. The summed E-state index contributed by atoms with van der Waals surface area (Å²) < 4.78 is 10.6. The van der Waals surface area contributed by atoms with Crippen LogP contribution in [0.2, 0.25) is 0 Å². The maximum atomic E-state index is 12.2. The van der Waals surface area contributed by atoms with Crippen molar-refractivity contribution in [3.8, 4) is 5.75 Å². The lowest BCUT2D eigenvalue weighted by Gasteiger charge is -2.26. The largest absolute Gasteiger partial charge is 0.497 e. The van der Waals surface area contributed by atoms with Crippen molar-refractivity contribution < 1.29 is 19.4 Å². The van der Waals surface area contributed by atoms with Crippen molar-refractivity contribution in [1.29, 1.82) is 0 Å². The summed E-state index contributed by atoms with van der Waals surface area (Å²) in [6.07, 6.45) is -0.750. The Balaban J connectivity index is 1.93. The molecule has 7 heteroatoms. The summed E-state index contributed by atoms with van der Waals surface area (Å²) in [7, 11) is 1.63. The molecule has 0 aliphatic rings. The SMILES string of the molecule is COc1cccc(CNC[C@@H](O)[C@H](Cc2cccs2)NC(=O)OC(C)(C)C)c1. The average molecular weight is 407 g/mol. The molecule has 0 saturated heterocycles. The van der Waals surface area contributed by atoms with Crippen molar-refractivity contribution in [2.45, 2.75) is 51.5 Å². The third-order valence-corrected chi connectivity index (χ3v) is 4.88. The Hall–Kier alpha value is -2.09. The lowest BCUT2D eigenvalue weighted by molar-refractivity contribution is 0.0423. The molecule has 28 heavy (non-hydrogen) atoms. The molecule has 0 spiro atoms. The molecular weight excluding hydrogens is 376 g/mol. The van der Waals surface area contributed by atoms with Gasteiger partial charge in [0.05, 0.1) is 19.3 Å². The van der Waals surface area contributed by atoms with E-state index in [0.29, 0.717) is 19.5 Å². The zero-order chi connectivity index (χ0) is 20.6. The van der Waals surface area contributed by atoms with Crippen molar-refractivity contribution in [2.75, 3.05) is 13.7 Å². The third-order valence-electron chi connectivity index (χ3n) is 3.98. The summed E-state index contributed by atoms with van der Waals surface area (Å²) in [6.45, 7) is 6.36. The molecule has 0 saturated carbocycles. The van der Waals surface area contributed by atoms with Crippen LogP contribution in [0, 0.1) is 0 Å². The van der Waals surface area contributed by atoms with Crippen LogP contribution in [0.15, 0.2) is 41.8 Å². The van der Waals surface area contributed by atoms with Crippen LogP contribution < -0.4 is 15.4 Å². The summed E-state index contributed by atoms with van der Waals surface area (Å²) in [4.78, 5) is 13.3. The van der Waals surface area contributed by atoms with Crippen LogP contribution in [0.5, 0.6) is 5.75 Å². The van der Waals surface area contributed by atoms with Gasteiger partial charge in [-0.05, 0) is 49.9 Å². The second-order valence-corrected chi connectivity index (χ2v) is 8.62. The van der Waals surface area contributed by atoms with E-state index in [4.69, 9.17) is 9.47 Å². The first kappa shape index (κ1) is 22.2. The van der Waals surface area contributed by atoms with Gasteiger partial charge in [-0.2, -0.15) is 0 Å². The van der Waals surface area contributed by atoms with Gasteiger partial charge in [-0.25, -0.2) is 4.79 Å². The fraction of sp³-hybridized carbons (Fsp3) is 0.476. The number of nitrogens with one attached hydrogen (secondary N) is 2. The second kappa shape index (κ2) is 10.5. The van der Waals surface area contributed by atoms with Crippen LogP contribution in [-0.2, 0) is 17.7 Å². The highest BCUT2D eigenvalue weighted by atomic mass is 32.1. The Bertz CT molecular complexity index is 728. The van der Waals surface area contributed by atoms with E-state index in [2.05, 4.69) is 10.6 Å². The lowest BCUT2D eigenvalue weighted by Crippen LogP contribution is -2.49. The number of thiophene rings is 1. The molecule has 1 amide bonds. The van der Waals surface area contributed by atoms with Crippen LogP contribution in [0.1, 0.15) is 31.2 Å². The predicted octanol–water partition coefficient (Wildman–Crippen LogP) is 3.34. The van der Waals surface area contributed by atoms with Crippen molar-refractivity contribution in [3.63, 3.8) is 0 Å². The second-order valence-electron chi connectivity index (χ2n) is 7.59. The van der Waals surface area contributed by atoms with E-state index in [1.165, 1.54) is 0 Å². The van der Waals surface area contributed by atoms with Gasteiger partial charge in [0.25, 0.3) is 0 Å². The summed E-state index contributed by atoms with van der Waals surface area (Å²) in [5, 5.41) is 18.7. The number of methoxy groups -OCH3 is 1. The topological polar surface area (TPSA) is 79.8 Å². The number of hydrogen-bond acceptors (Lipinski definition) is 6. The Morgan fingerprint density at radius 3 is 2.68 bits per heavy atom. The number of aliphatic hydroxyl groups is 1. The van der Waals surface area contributed by atoms with Crippen molar-refractivity contribution in [3.05, 3.63) is 52.2 Å². The maximum Gasteiger partial charge on any atom is 0.407 e. The maximum absolute atomic E-state index is 12.2. The van der Waals surface area contributed by atoms with E-state index >= 15 is 0 Å². The van der Waals surface area contributed by atoms with Gasteiger partial charge in [-0.15, -0.1) is 11.3 Å². The first-order valence-electron chi connectivity index (χ1n) is 9.30. The van der Waals surface area contributed by atoms with Crippen molar-refractivity contribution in [2.24, 2.45) is 0 Å². The van der Waals surface area contributed by atoms with E-state index in [9.17, 15) is 9.90 Å². The summed E-state index contributed by atoms with van der Waals surface area (Å²) >= 11 is 1.60. The third kappa shape index (κ3) is 7.88. The number of alkyl carbamates (subject to hydrolysis) is 1. The quantitative estimate of drug-likeness (QED) is 0.595. The molecule has 2 aromatic rings. The molecular formula is C21H30N2O4S. The minimum absolute atomic E-state index is 0.336. The standard InChI is InChI=1S/C21H30N2O4S/c1-21(2,3)27-20(25)23-18(12-17-9-6-10-28-17)19(24)14-22-13-15-7-5-8-16(11-15)26-4/h5-11,18-19,22,24H,12-14H2,1-4H3,(H,23,25)/t18-,19+/m0/s1. The molecule has 3 N–H and O–H groups in total. The van der Waals surface area contributed by atoms with Crippen LogP contribution in [0.25, 0.3) is 0 Å². The molecule has 1 aromatic carbocycles. The molecule has 154 valence electrons. The van der Waals surface area contributed by atoms with E-state index in [-0.39, 0.29) is 0 Å². The van der Waals surface area contributed by atoms with E-state index in [1.54, 1.807) is 18.4 Å². The Morgan fingerprint density at radius 1 is 1.25 bits per heavy atom. The molecule has 0 aliphatic heterocycles. The molecule has 2 atom stereocenters. The number of ether oxygens (including phenoxy) is 2. The van der Waals surface area contributed by atoms with Gasteiger partial charge in [-0.1, -0.05) is 18.2 Å². The van der Waals surface area contributed by atoms with Gasteiger partial charge in [0.15, 0.2) is 0 Å². The van der Waals surface area contributed by atoms with Gasteiger partial charge in [-0.3, -0.25) is 0 Å². The number of aliphatic hydroxyl groups excluding tert-OH is 1. The minimum Gasteiger partial charge on any atom is -0.497 e. The monoisotopic (exact) mass is 406 g/mol. The number of hydrogen-bond donors (Lipinski definition) is 3. The summed E-state index contributed by atoms with van der Waals surface area (Å²) in [5.74, 6) is 0.794. The molecule has 1 heterocycles.